The standard InChI is InChI=1S/C124H154N10Si4/c1-75(2)135(76(3)4,77(5)6)63-59-97-101-49-47-93(125-101)73-111-117-119(115(131-111)99(61-65-137(81(13)14,82(15)16)83(17)18)105-53-57-109(129-105)113(107-55-51-103(97)127-107)87-67-89(121(25,26)27)71-90(68-87)122(28,29)30)134(96-45-41-38-42-46-96)118-112-74-94-48-50-102(126-94)98(60-64-136(78(7)8,79(9)10)80(11)12)104-52-56-108(128-104)114(88-69-91(123(31,32)33)72-92(70-88)124(34,35)36)110-58-54-106(130-110)100(62-66-138(84(19)20,85(21)22)86(23)24)116(132-112)120(118)133(117)95-43-39-37-40-44-95/h37-58,67-86,125-126,129-130H,1-36H3. The van der Waals surface area contributed by atoms with Crippen molar-refractivity contribution < 1.29 is 0 Å². The number of para-hydroxylation sites is 2. The van der Waals surface area contributed by atoms with Gasteiger partial charge in [0.1, 0.15) is 54.0 Å². The van der Waals surface area contributed by atoms with Crippen LogP contribution < -0.4 is 0 Å². The van der Waals surface area contributed by atoms with Crippen LogP contribution in [0.4, 0.5) is 0 Å². The van der Waals surface area contributed by atoms with Crippen LogP contribution in [0.15, 0.2) is 158 Å². The molecule has 4 aromatic carbocycles. The number of fused-ring (bicyclic) bond motifs is 20. The summed E-state index contributed by atoms with van der Waals surface area (Å²) in [4.78, 5) is 41.6. The van der Waals surface area contributed by atoms with Crippen LogP contribution in [0.3, 0.4) is 0 Å². The molecule has 10 aromatic rings. The Morgan fingerprint density at radius 3 is 0.768 bits per heavy atom. The zero-order valence-corrected chi connectivity index (χ0v) is 93.9. The van der Waals surface area contributed by atoms with Gasteiger partial charge >= 0.3 is 0 Å². The molecular formula is C124H154N10Si4. The fraction of sp³-hybridized carbons (Fsp3) is 0.419. The van der Waals surface area contributed by atoms with E-state index in [-0.39, 0.29) is 21.7 Å². The molecule has 0 atom stereocenters. The summed E-state index contributed by atoms with van der Waals surface area (Å²) in [6, 6.07) is 59.1. The molecule has 0 saturated heterocycles. The van der Waals surface area contributed by atoms with Gasteiger partial charge in [0.25, 0.3) is 0 Å². The number of aromatic amines is 4. The second kappa shape index (κ2) is 38.1. The second-order valence-corrected chi connectivity index (χ2v) is 70.1. The maximum atomic E-state index is 6.47. The number of nitrogens with one attached hydrogen (secondary N) is 4. The van der Waals surface area contributed by atoms with E-state index in [0.717, 1.165) is 155 Å². The Balaban J connectivity index is 1.32. The number of hydrogen-bond donors (Lipinski definition) is 4. The Bertz CT molecular complexity index is 7080. The lowest BCUT2D eigenvalue weighted by Gasteiger charge is -2.38. The van der Waals surface area contributed by atoms with Gasteiger partial charge < -0.3 is 29.1 Å². The predicted molar refractivity (Wildman–Crippen MR) is 606 cm³/mol. The highest BCUT2D eigenvalue weighted by Gasteiger charge is 2.46. The quantitative estimate of drug-likeness (QED) is 0.0568. The molecule has 6 aromatic heterocycles. The molecule has 0 aliphatic carbocycles. The van der Waals surface area contributed by atoms with E-state index in [1.165, 1.54) is 22.3 Å². The molecule has 0 saturated carbocycles. The second-order valence-electron chi connectivity index (χ2n) is 47.8. The third kappa shape index (κ3) is 18.4. The van der Waals surface area contributed by atoms with Crippen LogP contribution in [0.1, 0.15) is 317 Å². The summed E-state index contributed by atoms with van der Waals surface area (Å²) in [6.07, 6.45) is 8.90. The first-order valence-electron chi connectivity index (χ1n) is 51.4. The van der Waals surface area contributed by atoms with Gasteiger partial charge in [-0.05, 0) is 231 Å². The van der Waals surface area contributed by atoms with Crippen molar-refractivity contribution in [3.8, 4) is 79.5 Å². The maximum absolute atomic E-state index is 6.47. The summed E-state index contributed by atoms with van der Waals surface area (Å²) in [5.74, 6) is 16.7. The minimum atomic E-state index is -2.61. The van der Waals surface area contributed by atoms with E-state index in [1.807, 2.05) is 0 Å². The third-order valence-electron chi connectivity index (χ3n) is 31.5. The number of benzene rings is 4. The van der Waals surface area contributed by atoms with Gasteiger partial charge in [-0.2, -0.15) is 0 Å². The first-order valence-corrected chi connectivity index (χ1v) is 60.3. The maximum Gasteiger partial charge on any atom is 0.146 e. The van der Waals surface area contributed by atoms with E-state index in [9.17, 15) is 0 Å². The summed E-state index contributed by atoms with van der Waals surface area (Å²) in [7, 11) is -9.97. The van der Waals surface area contributed by atoms with Gasteiger partial charge in [-0.25, -0.2) is 19.9 Å². The molecule has 5 aliphatic rings. The molecule has 138 heavy (non-hydrogen) atoms. The lowest BCUT2D eigenvalue weighted by atomic mass is 9.78. The number of nitrogens with zero attached hydrogens (tertiary/aromatic N) is 6. The summed E-state index contributed by atoms with van der Waals surface area (Å²) in [5.41, 5.74) is 47.8. The molecule has 10 nitrogen and oxygen atoms in total. The molecule has 15 rings (SSSR count). The molecule has 0 fully saturated rings. The number of rotatable bonds is 16. The lowest BCUT2D eigenvalue weighted by molar-refractivity contribution is 0.568. The van der Waals surface area contributed by atoms with Crippen LogP contribution in [0.5, 0.6) is 0 Å². The van der Waals surface area contributed by atoms with E-state index in [4.69, 9.17) is 19.9 Å². The monoisotopic (exact) mass is 1900 g/mol. The fourth-order valence-electron chi connectivity index (χ4n) is 24.1. The van der Waals surface area contributed by atoms with Crippen LogP contribution in [0.2, 0.25) is 66.5 Å². The van der Waals surface area contributed by atoms with Gasteiger partial charge in [-0.3, -0.25) is 0 Å². The molecule has 14 heteroatoms. The third-order valence-corrected chi connectivity index (χ3v) is 56.7. The summed E-state index contributed by atoms with van der Waals surface area (Å²) >= 11 is 0. The molecule has 4 N–H and O–H groups in total. The van der Waals surface area contributed by atoms with Crippen LogP contribution in [-0.2, 0) is 21.7 Å². The fourth-order valence-corrected chi connectivity index (χ4v) is 44.9. The molecule has 0 spiro atoms. The molecule has 11 heterocycles. The molecule has 0 amide bonds. The van der Waals surface area contributed by atoms with E-state index >= 15 is 0 Å². The molecule has 5 aliphatic heterocycles. The van der Waals surface area contributed by atoms with Crippen LogP contribution in [0.25, 0.3) is 124 Å². The first kappa shape index (κ1) is 101. The summed E-state index contributed by atoms with van der Waals surface area (Å²) in [5, 5.41) is 3.38. The zero-order chi connectivity index (χ0) is 100. The highest BCUT2D eigenvalue weighted by molar-refractivity contribution is 6.92. The van der Waals surface area contributed by atoms with Crippen molar-refractivity contribution in [2.24, 2.45) is 0 Å². The Hall–Kier alpha value is -11.2. The topological polar surface area (TPSA) is 125 Å². The van der Waals surface area contributed by atoms with Crippen LogP contribution in [-0.4, -0.2) is 81.3 Å². The van der Waals surface area contributed by atoms with Crippen LogP contribution >= 0.6 is 0 Å². The van der Waals surface area contributed by atoms with Gasteiger partial charge in [0.15, 0.2) is 0 Å². The average Bonchev–Trinajstić information content (AvgIpc) is 1.53. The number of H-pyrrole nitrogens is 4. The van der Waals surface area contributed by atoms with Crippen molar-refractivity contribution in [1.82, 2.24) is 49.0 Å². The summed E-state index contributed by atoms with van der Waals surface area (Å²) < 4.78 is 5.01. The van der Waals surface area contributed by atoms with Crippen LogP contribution in [0, 0.1) is 67.3 Å². The Kier molecular flexibility index (Phi) is 27.9. The molecule has 0 unspecified atom stereocenters. The van der Waals surface area contributed by atoms with Crippen molar-refractivity contribution in [2.75, 3.05) is 0 Å². The summed E-state index contributed by atoms with van der Waals surface area (Å²) in [6.45, 7) is 85.9. The highest BCUT2D eigenvalue weighted by Crippen LogP contribution is 2.49. The molecular weight excluding hydrogens is 1740 g/mol. The van der Waals surface area contributed by atoms with Gasteiger partial charge in [-0.1, -0.05) is 346 Å². The van der Waals surface area contributed by atoms with Crippen molar-refractivity contribution in [1.29, 1.82) is 0 Å². The number of aromatic nitrogens is 10. The Labute approximate surface area is 829 Å². The molecule has 16 bridgehead atoms. The van der Waals surface area contributed by atoms with Gasteiger partial charge in [0.05, 0.1) is 88.8 Å². The zero-order valence-electron chi connectivity index (χ0n) is 89.9. The van der Waals surface area contributed by atoms with E-state index in [0.29, 0.717) is 77.5 Å². The Morgan fingerprint density at radius 2 is 0.500 bits per heavy atom. The van der Waals surface area contributed by atoms with Gasteiger partial charge in [-0.15, -0.1) is 22.2 Å². The van der Waals surface area contributed by atoms with Crippen molar-refractivity contribution in [2.45, 2.75) is 337 Å². The van der Waals surface area contributed by atoms with Crippen molar-refractivity contribution in [3.63, 3.8) is 0 Å². The van der Waals surface area contributed by atoms with Gasteiger partial charge in [0.2, 0.25) is 0 Å². The lowest BCUT2D eigenvalue weighted by Crippen LogP contribution is -2.43. The van der Waals surface area contributed by atoms with Crippen molar-refractivity contribution >= 4 is 123 Å². The average molecular weight is 1900 g/mol. The highest BCUT2D eigenvalue weighted by atomic mass is 28.3. The minimum absolute atomic E-state index is 0.201. The largest absolute Gasteiger partial charge is 0.354 e. The van der Waals surface area contributed by atoms with E-state index in [2.05, 4.69) is 506 Å². The Morgan fingerprint density at radius 1 is 0.254 bits per heavy atom. The minimum Gasteiger partial charge on any atom is -0.354 e. The first-order chi connectivity index (χ1) is 64.8. The smallest absolute Gasteiger partial charge is 0.146 e. The van der Waals surface area contributed by atoms with E-state index in [1.54, 1.807) is 0 Å². The van der Waals surface area contributed by atoms with Crippen molar-refractivity contribution in [3.05, 3.63) is 246 Å². The molecule has 0 radical (unpaired) electrons. The SMILES string of the molecule is CC(C)[Si](C#Cc1c2nc(c(-c3cc(C(C)(C)C)cc(C(C)(C)C)c3)c3ccc([nH]3)c(C#C[Si](C(C)C)(C(C)C)C(C)C)c3nc(cc4ccc1[nH]4)c1n(-c4ccccc4)c4c5nc(cc6ccc([nH]6)c(C#C[Si](C(C)C)(C(C)C)C(C)C)c6nc(c(-c7cc(C(C)(C)C)cc(C(C)(C)C)c7)c7ccc([nH]7)c5C#C[Si](C(C)C)(C(C)C)C(C)C)C=C6)c=4n(-c4ccccc4)c3=1)C=C2)(C(C)C)C(C)C. The number of hydrogen-bond acceptors (Lipinski definition) is 4. The molecule has 716 valence electrons. The predicted octanol–water partition coefficient (Wildman–Crippen LogP) is 34.2. The normalized spacial score (nSPS) is 13.3. The van der Waals surface area contributed by atoms with E-state index < -0.39 is 32.3 Å². The van der Waals surface area contributed by atoms with Gasteiger partial charge in [0, 0.05) is 44.6 Å².